The Bertz CT molecular complexity index is 598. The van der Waals surface area contributed by atoms with Crippen LogP contribution in [0.5, 0.6) is 0 Å². The lowest BCUT2D eigenvalue weighted by Gasteiger charge is -2.06. The third-order valence-electron chi connectivity index (χ3n) is 2.40. The lowest BCUT2D eigenvalue weighted by Crippen LogP contribution is -2.21. The van der Waals surface area contributed by atoms with E-state index in [-0.39, 0.29) is 13.0 Å². The van der Waals surface area contributed by atoms with Gasteiger partial charge in [-0.15, -0.1) is 0 Å². The molecule has 0 atom stereocenters. The molecule has 1 heterocycles. The summed E-state index contributed by atoms with van der Waals surface area (Å²) in [5.74, 6) is -0.824. The Morgan fingerprint density at radius 3 is 2.85 bits per heavy atom. The van der Waals surface area contributed by atoms with Gasteiger partial charge in [-0.25, -0.2) is 0 Å². The number of nitrogens with one attached hydrogen (secondary N) is 1. The number of halogens is 1. The first-order chi connectivity index (χ1) is 9.63. The zero-order chi connectivity index (χ0) is 14.4. The first-order valence-corrected chi connectivity index (χ1v) is 7.17. The SMILES string of the molecule is O=C(COC(=O)Cc1ccsc1)Nc1cccc(Cl)c1. The molecular weight excluding hydrogens is 298 g/mol. The summed E-state index contributed by atoms with van der Waals surface area (Å²) >= 11 is 7.31. The highest BCUT2D eigenvalue weighted by Crippen LogP contribution is 2.14. The molecular formula is C14H12ClNO3S. The first-order valence-electron chi connectivity index (χ1n) is 5.85. The minimum Gasteiger partial charge on any atom is -0.455 e. The van der Waals surface area contributed by atoms with Crippen molar-refractivity contribution in [3.8, 4) is 0 Å². The zero-order valence-electron chi connectivity index (χ0n) is 10.5. The van der Waals surface area contributed by atoms with Gasteiger partial charge in [0.2, 0.25) is 0 Å². The standard InChI is InChI=1S/C14H12ClNO3S/c15-11-2-1-3-12(7-11)16-13(17)8-19-14(18)6-10-4-5-20-9-10/h1-5,7,9H,6,8H2,(H,16,17). The van der Waals surface area contributed by atoms with Gasteiger partial charge in [0, 0.05) is 10.7 Å². The monoisotopic (exact) mass is 309 g/mol. The van der Waals surface area contributed by atoms with E-state index in [2.05, 4.69) is 5.32 Å². The van der Waals surface area contributed by atoms with Crippen molar-refractivity contribution in [2.75, 3.05) is 11.9 Å². The number of amides is 1. The molecule has 2 aromatic rings. The van der Waals surface area contributed by atoms with Crippen molar-refractivity contribution in [3.63, 3.8) is 0 Å². The number of rotatable bonds is 5. The number of carbonyl (C=O) groups excluding carboxylic acids is 2. The van der Waals surface area contributed by atoms with E-state index in [4.69, 9.17) is 16.3 Å². The highest BCUT2D eigenvalue weighted by atomic mass is 35.5. The average molecular weight is 310 g/mol. The summed E-state index contributed by atoms with van der Waals surface area (Å²) in [4.78, 5) is 23.1. The van der Waals surface area contributed by atoms with E-state index in [9.17, 15) is 9.59 Å². The molecule has 0 fully saturated rings. The molecule has 1 amide bonds. The van der Waals surface area contributed by atoms with Crippen molar-refractivity contribution in [1.29, 1.82) is 0 Å². The third kappa shape index (κ3) is 4.68. The van der Waals surface area contributed by atoms with Gasteiger partial charge in [0.15, 0.2) is 6.61 Å². The number of benzene rings is 1. The molecule has 1 aromatic carbocycles. The predicted octanol–water partition coefficient (Wildman–Crippen LogP) is 3.13. The van der Waals surface area contributed by atoms with E-state index in [0.29, 0.717) is 10.7 Å². The second-order valence-electron chi connectivity index (χ2n) is 4.03. The molecule has 2 rings (SSSR count). The fourth-order valence-corrected chi connectivity index (χ4v) is 2.38. The van der Waals surface area contributed by atoms with Gasteiger partial charge in [0.1, 0.15) is 0 Å². The Hall–Kier alpha value is -1.85. The van der Waals surface area contributed by atoms with E-state index in [1.54, 1.807) is 24.3 Å². The molecule has 0 aliphatic carbocycles. The van der Waals surface area contributed by atoms with Crippen LogP contribution in [-0.2, 0) is 20.7 Å². The Balaban J connectivity index is 1.76. The summed E-state index contributed by atoms with van der Waals surface area (Å²) in [5, 5.41) is 6.88. The molecule has 1 N–H and O–H groups in total. The lowest BCUT2D eigenvalue weighted by molar-refractivity contribution is -0.146. The number of hydrogen-bond donors (Lipinski definition) is 1. The normalized spacial score (nSPS) is 10.1. The average Bonchev–Trinajstić information content (AvgIpc) is 2.89. The fourth-order valence-electron chi connectivity index (χ4n) is 1.52. The van der Waals surface area contributed by atoms with Crippen molar-refractivity contribution < 1.29 is 14.3 Å². The molecule has 0 bridgehead atoms. The predicted molar refractivity (Wildman–Crippen MR) is 79.1 cm³/mol. The second-order valence-corrected chi connectivity index (χ2v) is 5.24. The molecule has 0 spiro atoms. The number of carbonyl (C=O) groups is 2. The second kappa shape index (κ2) is 7.07. The molecule has 0 saturated carbocycles. The summed E-state index contributed by atoms with van der Waals surface area (Å²) in [5.41, 5.74) is 1.45. The molecule has 0 unspecified atom stereocenters. The van der Waals surface area contributed by atoms with Crippen LogP contribution >= 0.6 is 22.9 Å². The summed E-state index contributed by atoms with van der Waals surface area (Å²) in [6.07, 6.45) is 0.175. The van der Waals surface area contributed by atoms with Crippen molar-refractivity contribution >= 4 is 40.5 Å². The topological polar surface area (TPSA) is 55.4 Å². The van der Waals surface area contributed by atoms with Crippen molar-refractivity contribution in [1.82, 2.24) is 0 Å². The molecule has 6 heteroatoms. The van der Waals surface area contributed by atoms with Gasteiger partial charge in [-0.1, -0.05) is 17.7 Å². The Morgan fingerprint density at radius 2 is 2.15 bits per heavy atom. The van der Waals surface area contributed by atoms with Crippen LogP contribution in [-0.4, -0.2) is 18.5 Å². The van der Waals surface area contributed by atoms with Gasteiger partial charge in [-0.05, 0) is 40.6 Å². The summed E-state index contributed by atoms with van der Waals surface area (Å²) in [6.45, 7) is -0.310. The van der Waals surface area contributed by atoms with Crippen LogP contribution in [0.1, 0.15) is 5.56 Å². The van der Waals surface area contributed by atoms with E-state index < -0.39 is 11.9 Å². The fraction of sp³-hybridized carbons (Fsp3) is 0.143. The summed E-state index contributed by atoms with van der Waals surface area (Å²) in [6, 6.07) is 8.60. The zero-order valence-corrected chi connectivity index (χ0v) is 12.0. The van der Waals surface area contributed by atoms with Crippen LogP contribution in [0.15, 0.2) is 41.1 Å². The van der Waals surface area contributed by atoms with E-state index in [0.717, 1.165) is 5.56 Å². The molecule has 0 aliphatic rings. The number of esters is 1. The maximum atomic E-state index is 11.6. The number of ether oxygens (including phenoxy) is 1. The Kier molecular flexibility index (Phi) is 5.15. The van der Waals surface area contributed by atoms with Gasteiger partial charge in [-0.2, -0.15) is 11.3 Å². The smallest absolute Gasteiger partial charge is 0.310 e. The van der Waals surface area contributed by atoms with Gasteiger partial charge in [-0.3, -0.25) is 9.59 Å². The van der Waals surface area contributed by atoms with Crippen LogP contribution in [0.2, 0.25) is 5.02 Å². The minimum atomic E-state index is -0.426. The van der Waals surface area contributed by atoms with E-state index in [1.807, 2.05) is 16.8 Å². The Labute approximate surface area is 125 Å². The molecule has 0 saturated heterocycles. The molecule has 20 heavy (non-hydrogen) atoms. The minimum absolute atomic E-state index is 0.175. The summed E-state index contributed by atoms with van der Waals surface area (Å²) in [7, 11) is 0. The van der Waals surface area contributed by atoms with E-state index in [1.165, 1.54) is 11.3 Å². The van der Waals surface area contributed by atoms with Crippen LogP contribution in [0.4, 0.5) is 5.69 Å². The maximum Gasteiger partial charge on any atom is 0.310 e. The molecule has 1 aromatic heterocycles. The van der Waals surface area contributed by atoms with Crippen LogP contribution < -0.4 is 5.32 Å². The number of hydrogen-bond acceptors (Lipinski definition) is 4. The van der Waals surface area contributed by atoms with Crippen molar-refractivity contribution in [2.45, 2.75) is 6.42 Å². The molecule has 0 aliphatic heterocycles. The van der Waals surface area contributed by atoms with Crippen LogP contribution in [0.25, 0.3) is 0 Å². The highest BCUT2D eigenvalue weighted by Gasteiger charge is 2.09. The molecule has 4 nitrogen and oxygen atoms in total. The van der Waals surface area contributed by atoms with Crippen molar-refractivity contribution in [3.05, 3.63) is 51.7 Å². The Morgan fingerprint density at radius 1 is 1.30 bits per heavy atom. The van der Waals surface area contributed by atoms with Crippen LogP contribution in [0, 0.1) is 0 Å². The van der Waals surface area contributed by atoms with Crippen LogP contribution in [0.3, 0.4) is 0 Å². The third-order valence-corrected chi connectivity index (χ3v) is 3.37. The number of thiophene rings is 1. The molecule has 0 radical (unpaired) electrons. The van der Waals surface area contributed by atoms with Crippen molar-refractivity contribution in [2.24, 2.45) is 0 Å². The summed E-state index contributed by atoms with van der Waals surface area (Å²) < 4.78 is 4.90. The maximum absolute atomic E-state index is 11.6. The first kappa shape index (κ1) is 14.6. The van der Waals surface area contributed by atoms with Gasteiger partial charge in [0.05, 0.1) is 6.42 Å². The van der Waals surface area contributed by atoms with E-state index >= 15 is 0 Å². The highest BCUT2D eigenvalue weighted by molar-refractivity contribution is 7.07. The number of anilines is 1. The van der Waals surface area contributed by atoms with Gasteiger partial charge >= 0.3 is 5.97 Å². The molecule has 104 valence electrons. The lowest BCUT2D eigenvalue weighted by atomic mass is 10.2. The van der Waals surface area contributed by atoms with Gasteiger partial charge in [0.25, 0.3) is 5.91 Å². The quantitative estimate of drug-likeness (QED) is 0.863. The van der Waals surface area contributed by atoms with Gasteiger partial charge < -0.3 is 10.1 Å². The largest absolute Gasteiger partial charge is 0.455 e.